The molecular weight excluding hydrogens is 467 g/mol. The Balaban J connectivity index is 1.64. The van der Waals surface area contributed by atoms with Crippen molar-refractivity contribution in [1.82, 2.24) is 0 Å². The number of hydrogen-bond donors (Lipinski definition) is 0. The number of fused-ring (bicyclic) bond motifs is 6. The van der Waals surface area contributed by atoms with E-state index in [1.807, 2.05) is 0 Å². The van der Waals surface area contributed by atoms with Gasteiger partial charge in [0.2, 0.25) is 0 Å². The standard InChI is InChI=1S/2C13H9.C3H6.2ClH.Ti/c2*1-3-7-12-10(5-1)9-11-6-2-4-8-13(11)12;1-3-2;;;/h2*1-5,7-8H,9H2;1H,3H2,2H3;2*1H;/q;;;;;+2/p-2. The Morgan fingerprint density at radius 2 is 1.06 bits per heavy atom. The van der Waals surface area contributed by atoms with E-state index in [1.165, 1.54) is 52.2 Å². The fourth-order valence-corrected chi connectivity index (χ4v) is 16.0. The Morgan fingerprint density at radius 1 is 0.625 bits per heavy atom. The molecule has 2 aliphatic carbocycles. The van der Waals surface area contributed by atoms with Crippen LogP contribution in [0.4, 0.5) is 0 Å². The van der Waals surface area contributed by atoms with Gasteiger partial charge in [0.25, 0.3) is 0 Å². The van der Waals surface area contributed by atoms with Gasteiger partial charge in [-0.25, -0.2) is 0 Å². The van der Waals surface area contributed by atoms with Gasteiger partial charge in [-0.05, 0) is 0 Å². The molecule has 6 rings (SSSR count). The Morgan fingerprint density at radius 3 is 1.53 bits per heavy atom. The van der Waals surface area contributed by atoms with Crippen LogP contribution in [-0.2, 0) is 25.6 Å². The summed E-state index contributed by atoms with van der Waals surface area (Å²) in [7, 11) is 15.8. The van der Waals surface area contributed by atoms with Gasteiger partial charge in [-0.15, -0.1) is 0 Å². The van der Waals surface area contributed by atoms with Gasteiger partial charge >= 0.3 is 199 Å². The van der Waals surface area contributed by atoms with Crippen molar-refractivity contribution in [3.63, 3.8) is 0 Å². The first-order chi connectivity index (χ1) is 15.5. The van der Waals surface area contributed by atoms with Crippen LogP contribution in [0.3, 0.4) is 0 Å². The van der Waals surface area contributed by atoms with Crippen LogP contribution in [0.15, 0.2) is 84.9 Å². The Hall–Kier alpha value is -1.96. The van der Waals surface area contributed by atoms with Crippen molar-refractivity contribution in [1.29, 1.82) is 0 Å². The first-order valence-corrected chi connectivity index (χ1v) is 18.1. The Labute approximate surface area is 198 Å². The summed E-state index contributed by atoms with van der Waals surface area (Å²) in [5, 5.41) is 0. The van der Waals surface area contributed by atoms with Gasteiger partial charge in [0.15, 0.2) is 0 Å². The van der Waals surface area contributed by atoms with Gasteiger partial charge in [0.1, 0.15) is 0 Å². The van der Waals surface area contributed by atoms with Gasteiger partial charge in [0, 0.05) is 0 Å². The molecule has 0 atom stereocenters. The van der Waals surface area contributed by atoms with Crippen molar-refractivity contribution in [3.05, 3.63) is 107 Å². The minimum absolute atomic E-state index is 0.845. The van der Waals surface area contributed by atoms with Crippen molar-refractivity contribution in [2.24, 2.45) is 0 Å². The van der Waals surface area contributed by atoms with Crippen LogP contribution in [0, 0.1) is 0 Å². The molecule has 0 radical (unpaired) electrons. The van der Waals surface area contributed by atoms with Gasteiger partial charge in [-0.1, -0.05) is 0 Å². The molecule has 0 aliphatic heterocycles. The molecule has 0 fully saturated rings. The molecule has 0 heterocycles. The maximum atomic E-state index is 7.90. The van der Waals surface area contributed by atoms with E-state index < -0.39 is 12.7 Å². The van der Waals surface area contributed by atoms with Gasteiger partial charge in [-0.2, -0.15) is 0 Å². The third kappa shape index (κ3) is 2.84. The summed E-state index contributed by atoms with van der Waals surface area (Å²) < 4.78 is 4.62. The molecule has 0 bridgehead atoms. The molecule has 0 aromatic heterocycles. The second-order valence-corrected chi connectivity index (χ2v) is 22.0. The van der Waals surface area contributed by atoms with Crippen molar-refractivity contribution in [2.75, 3.05) is 0 Å². The van der Waals surface area contributed by atoms with E-state index in [0.717, 1.165) is 19.3 Å². The van der Waals surface area contributed by atoms with E-state index in [1.54, 1.807) is 0 Å². The van der Waals surface area contributed by atoms with E-state index in [9.17, 15) is 0 Å². The van der Waals surface area contributed by atoms with Crippen molar-refractivity contribution >= 4 is 30.7 Å². The normalized spacial score (nSPS) is 13.9. The summed E-state index contributed by atoms with van der Waals surface area (Å²) in [4.78, 5) is 0. The summed E-state index contributed by atoms with van der Waals surface area (Å²) in [5.41, 5.74) is 10.6. The fraction of sp³-hybridized carbons (Fsp3) is 0.138. The predicted octanol–water partition coefficient (Wildman–Crippen LogP) is 6.99. The summed E-state index contributed by atoms with van der Waals surface area (Å²) in [6.45, 7) is 2.16. The summed E-state index contributed by atoms with van der Waals surface area (Å²) >= 11 is -4.48. The molecular formula is C29H24Cl2Ti. The Bertz CT molecular complexity index is 1370. The number of rotatable bonds is 3. The SMILES string of the molecule is CC[CH]=[Ti]([Cl])([Cl])([c]1cccc2c1Cc1ccccc1-2)[c]1cccc2c1Cc1ccccc1-2. The maximum absolute atomic E-state index is 7.90. The van der Waals surface area contributed by atoms with Gasteiger partial charge < -0.3 is 0 Å². The monoisotopic (exact) mass is 490 g/mol. The molecule has 32 heavy (non-hydrogen) atoms. The average Bonchev–Trinajstić information content (AvgIpc) is 3.37. The molecule has 0 nitrogen and oxygen atoms in total. The molecule has 0 spiro atoms. The third-order valence-electron chi connectivity index (χ3n) is 7.25. The molecule has 3 heteroatoms. The third-order valence-corrected chi connectivity index (χ3v) is 18.2. The molecule has 4 aromatic carbocycles. The van der Waals surface area contributed by atoms with Gasteiger partial charge in [-0.3, -0.25) is 0 Å². The van der Waals surface area contributed by atoms with Crippen LogP contribution >= 0.6 is 18.6 Å². The van der Waals surface area contributed by atoms with Crippen LogP contribution in [0.25, 0.3) is 22.3 Å². The summed E-state index contributed by atoms with van der Waals surface area (Å²) in [6.07, 6.45) is 2.64. The van der Waals surface area contributed by atoms with E-state index in [4.69, 9.17) is 18.6 Å². The molecule has 0 amide bonds. The van der Waals surface area contributed by atoms with E-state index in [-0.39, 0.29) is 0 Å². The number of halogens is 2. The van der Waals surface area contributed by atoms with Crippen LogP contribution in [0.5, 0.6) is 0 Å². The van der Waals surface area contributed by atoms with Crippen molar-refractivity contribution in [3.8, 4) is 22.3 Å². The topological polar surface area (TPSA) is 0 Å². The van der Waals surface area contributed by atoms with E-state index in [0.29, 0.717) is 0 Å². The molecule has 0 unspecified atom stereocenters. The molecule has 0 saturated heterocycles. The Kier molecular flexibility index (Phi) is 4.69. The second kappa shape index (κ2) is 7.27. The molecule has 0 saturated carbocycles. The van der Waals surface area contributed by atoms with Crippen LogP contribution in [0.2, 0.25) is 0 Å². The first-order valence-electron chi connectivity index (χ1n) is 11.3. The fourth-order valence-electron chi connectivity index (χ4n) is 5.90. The molecule has 0 N–H and O–H groups in total. The average molecular weight is 491 g/mol. The van der Waals surface area contributed by atoms with E-state index in [2.05, 4.69) is 96.2 Å². The second-order valence-electron chi connectivity index (χ2n) is 9.02. The molecule has 158 valence electrons. The first kappa shape index (κ1) is 20.6. The number of hydrogen-bond acceptors (Lipinski definition) is 0. The molecule has 2 aliphatic rings. The zero-order valence-electron chi connectivity index (χ0n) is 18.0. The van der Waals surface area contributed by atoms with Gasteiger partial charge in [0.05, 0.1) is 0 Å². The summed E-state index contributed by atoms with van der Waals surface area (Å²) in [5.74, 6) is 0. The zero-order valence-corrected chi connectivity index (χ0v) is 21.1. The van der Waals surface area contributed by atoms with Crippen LogP contribution < -0.4 is 7.74 Å². The van der Waals surface area contributed by atoms with Crippen LogP contribution in [0.1, 0.15) is 35.6 Å². The predicted molar refractivity (Wildman–Crippen MR) is 137 cm³/mol. The number of benzene rings is 4. The zero-order chi connectivity index (χ0) is 21.9. The summed E-state index contributed by atoms with van der Waals surface area (Å²) in [6, 6.07) is 30.5. The van der Waals surface area contributed by atoms with Crippen molar-refractivity contribution in [2.45, 2.75) is 26.2 Å². The van der Waals surface area contributed by atoms with Crippen molar-refractivity contribution < 1.29 is 12.7 Å². The minimum atomic E-state index is -4.48. The molecule has 4 aromatic rings. The quantitative estimate of drug-likeness (QED) is 0.234. The van der Waals surface area contributed by atoms with E-state index >= 15 is 0 Å². The van der Waals surface area contributed by atoms with Crippen LogP contribution in [-0.4, -0.2) is 4.31 Å².